The maximum Gasteiger partial charge on any atom is 0.336 e. The first-order valence-corrected chi connectivity index (χ1v) is 8.65. The molecule has 0 radical (unpaired) electrons. The lowest BCUT2D eigenvalue weighted by molar-refractivity contribution is 0.0695. The van der Waals surface area contributed by atoms with Gasteiger partial charge in [0.2, 0.25) is 0 Å². The molecular formula is C19H23N3O2. The number of aromatic amines is 1. The Morgan fingerprint density at radius 1 is 1.21 bits per heavy atom. The van der Waals surface area contributed by atoms with Crippen molar-refractivity contribution in [2.45, 2.75) is 32.0 Å². The van der Waals surface area contributed by atoms with Gasteiger partial charge in [-0.1, -0.05) is 12.1 Å². The summed E-state index contributed by atoms with van der Waals surface area (Å²) in [5, 5.41) is 12.9. The van der Waals surface area contributed by atoms with E-state index in [1.165, 1.54) is 11.3 Å². The van der Waals surface area contributed by atoms with E-state index in [4.69, 9.17) is 0 Å². The van der Waals surface area contributed by atoms with Crippen LogP contribution >= 0.6 is 0 Å². The number of nitrogens with one attached hydrogen (secondary N) is 2. The maximum atomic E-state index is 11.4. The normalized spacial score (nSPS) is 21.8. The molecule has 4 rings (SSSR count). The average Bonchev–Trinajstić information content (AvgIpc) is 3.24. The Morgan fingerprint density at radius 2 is 2.04 bits per heavy atom. The van der Waals surface area contributed by atoms with Crippen LogP contribution < -0.4 is 5.32 Å². The SMILES string of the molecule is O=C(O)c1cccc2c1CNC2C1CCN(Cc2ccc[nH]2)CC1. The summed E-state index contributed by atoms with van der Waals surface area (Å²) in [5.41, 5.74) is 3.89. The largest absolute Gasteiger partial charge is 0.478 e. The molecule has 126 valence electrons. The highest BCUT2D eigenvalue weighted by Gasteiger charge is 2.33. The number of carboxylic acid groups (broad SMARTS) is 1. The fraction of sp³-hybridized carbons (Fsp3) is 0.421. The van der Waals surface area contributed by atoms with Crippen molar-refractivity contribution in [3.63, 3.8) is 0 Å². The summed E-state index contributed by atoms with van der Waals surface area (Å²) in [5.74, 6) is -0.245. The van der Waals surface area contributed by atoms with Crippen LogP contribution in [0.15, 0.2) is 36.5 Å². The van der Waals surface area contributed by atoms with Crippen molar-refractivity contribution >= 4 is 5.97 Å². The summed E-state index contributed by atoms with van der Waals surface area (Å²) >= 11 is 0. The van der Waals surface area contributed by atoms with Crippen molar-refractivity contribution in [1.29, 1.82) is 0 Å². The zero-order chi connectivity index (χ0) is 16.5. The first-order valence-electron chi connectivity index (χ1n) is 8.65. The zero-order valence-corrected chi connectivity index (χ0v) is 13.7. The number of carboxylic acids is 1. The second kappa shape index (κ2) is 6.42. The maximum absolute atomic E-state index is 11.4. The minimum atomic E-state index is -0.824. The summed E-state index contributed by atoms with van der Waals surface area (Å²) in [6.45, 7) is 3.84. The second-order valence-electron chi connectivity index (χ2n) is 6.85. The molecule has 3 N–H and O–H groups in total. The van der Waals surface area contributed by atoms with Crippen molar-refractivity contribution in [2.75, 3.05) is 13.1 Å². The predicted molar refractivity (Wildman–Crippen MR) is 91.8 cm³/mol. The molecule has 1 aromatic carbocycles. The fourth-order valence-corrected chi connectivity index (χ4v) is 4.19. The number of hydrogen-bond acceptors (Lipinski definition) is 3. The molecule has 5 heteroatoms. The summed E-state index contributed by atoms with van der Waals surface area (Å²) < 4.78 is 0. The van der Waals surface area contributed by atoms with E-state index in [1.807, 2.05) is 18.3 Å². The van der Waals surface area contributed by atoms with E-state index < -0.39 is 5.97 Å². The van der Waals surface area contributed by atoms with Crippen LogP contribution in [0.25, 0.3) is 0 Å². The van der Waals surface area contributed by atoms with Gasteiger partial charge in [0.05, 0.1) is 5.56 Å². The molecule has 2 aromatic rings. The number of nitrogens with zero attached hydrogens (tertiary/aromatic N) is 1. The smallest absolute Gasteiger partial charge is 0.336 e. The Labute approximate surface area is 141 Å². The number of H-pyrrole nitrogens is 1. The van der Waals surface area contributed by atoms with Crippen LogP contribution in [0.3, 0.4) is 0 Å². The number of rotatable bonds is 4. The van der Waals surface area contributed by atoms with Crippen molar-refractivity contribution in [3.05, 3.63) is 58.9 Å². The number of piperidine rings is 1. The van der Waals surface area contributed by atoms with Gasteiger partial charge in [-0.3, -0.25) is 4.90 Å². The molecule has 5 nitrogen and oxygen atoms in total. The van der Waals surface area contributed by atoms with Gasteiger partial charge >= 0.3 is 5.97 Å². The lowest BCUT2D eigenvalue weighted by Gasteiger charge is -2.35. The van der Waals surface area contributed by atoms with Gasteiger partial charge in [0, 0.05) is 31.0 Å². The number of hydrogen-bond donors (Lipinski definition) is 3. The molecule has 3 heterocycles. The highest BCUT2D eigenvalue weighted by Crippen LogP contribution is 2.37. The van der Waals surface area contributed by atoms with E-state index in [9.17, 15) is 9.90 Å². The molecule has 0 aliphatic carbocycles. The molecule has 0 amide bonds. The van der Waals surface area contributed by atoms with Crippen molar-refractivity contribution in [3.8, 4) is 0 Å². The molecule has 2 aliphatic heterocycles. The first kappa shape index (κ1) is 15.4. The summed E-state index contributed by atoms with van der Waals surface area (Å²) in [7, 11) is 0. The minimum Gasteiger partial charge on any atom is -0.478 e. The fourth-order valence-electron chi connectivity index (χ4n) is 4.19. The van der Waals surface area contributed by atoms with Crippen LogP contribution in [0, 0.1) is 5.92 Å². The minimum absolute atomic E-state index is 0.298. The van der Waals surface area contributed by atoms with Crippen molar-refractivity contribution < 1.29 is 9.90 Å². The van der Waals surface area contributed by atoms with Crippen LogP contribution in [-0.2, 0) is 13.1 Å². The van der Waals surface area contributed by atoms with Gasteiger partial charge in [-0.25, -0.2) is 4.79 Å². The summed E-state index contributed by atoms with van der Waals surface area (Å²) in [4.78, 5) is 17.2. The van der Waals surface area contributed by atoms with E-state index in [0.29, 0.717) is 24.1 Å². The molecule has 24 heavy (non-hydrogen) atoms. The van der Waals surface area contributed by atoms with Gasteiger partial charge in [-0.05, 0) is 61.2 Å². The van der Waals surface area contributed by atoms with Gasteiger partial charge in [0.25, 0.3) is 0 Å². The van der Waals surface area contributed by atoms with Gasteiger partial charge in [0.1, 0.15) is 0 Å². The van der Waals surface area contributed by atoms with Crippen LogP contribution in [-0.4, -0.2) is 34.0 Å². The summed E-state index contributed by atoms with van der Waals surface area (Å²) in [6, 6.07) is 10.2. The standard InChI is InChI=1S/C19H23N3O2/c23-19(24)16-5-1-4-15-17(16)11-21-18(15)13-6-9-22(10-7-13)12-14-3-2-8-20-14/h1-5,8,13,18,20-21H,6-7,9-12H2,(H,23,24). The molecule has 1 aromatic heterocycles. The molecule has 1 saturated heterocycles. The molecule has 2 aliphatic rings. The molecular weight excluding hydrogens is 302 g/mol. The van der Waals surface area contributed by atoms with Crippen LogP contribution in [0.5, 0.6) is 0 Å². The molecule has 0 saturated carbocycles. The van der Waals surface area contributed by atoms with E-state index in [2.05, 4.69) is 27.3 Å². The Balaban J connectivity index is 1.43. The second-order valence-corrected chi connectivity index (χ2v) is 6.85. The zero-order valence-electron chi connectivity index (χ0n) is 13.7. The van der Waals surface area contributed by atoms with E-state index in [0.717, 1.165) is 38.0 Å². The van der Waals surface area contributed by atoms with Gasteiger partial charge < -0.3 is 15.4 Å². The number of carbonyl (C=O) groups is 1. The van der Waals surface area contributed by atoms with Crippen LogP contribution in [0.1, 0.15) is 46.1 Å². The third-order valence-corrected chi connectivity index (χ3v) is 5.44. The number of benzene rings is 1. The molecule has 0 spiro atoms. The Hall–Kier alpha value is -2.11. The average molecular weight is 325 g/mol. The summed E-state index contributed by atoms with van der Waals surface area (Å²) in [6.07, 6.45) is 4.27. The predicted octanol–water partition coefficient (Wildman–Crippen LogP) is 2.77. The third-order valence-electron chi connectivity index (χ3n) is 5.44. The molecule has 1 atom stereocenters. The number of aromatic carboxylic acids is 1. The molecule has 1 fully saturated rings. The lowest BCUT2D eigenvalue weighted by Crippen LogP contribution is -2.37. The quantitative estimate of drug-likeness (QED) is 0.808. The number of aromatic nitrogens is 1. The van der Waals surface area contributed by atoms with Gasteiger partial charge in [-0.2, -0.15) is 0 Å². The third kappa shape index (κ3) is 2.85. The van der Waals surface area contributed by atoms with E-state index in [1.54, 1.807) is 6.07 Å². The number of fused-ring (bicyclic) bond motifs is 1. The van der Waals surface area contributed by atoms with Crippen molar-refractivity contribution in [1.82, 2.24) is 15.2 Å². The first-order chi connectivity index (χ1) is 11.7. The van der Waals surface area contributed by atoms with Crippen LogP contribution in [0.4, 0.5) is 0 Å². The van der Waals surface area contributed by atoms with Gasteiger partial charge in [0.15, 0.2) is 0 Å². The Morgan fingerprint density at radius 3 is 2.75 bits per heavy atom. The Kier molecular flexibility index (Phi) is 4.12. The molecule has 1 unspecified atom stereocenters. The Bertz CT molecular complexity index is 718. The highest BCUT2D eigenvalue weighted by molar-refractivity contribution is 5.90. The van der Waals surface area contributed by atoms with E-state index >= 15 is 0 Å². The van der Waals surface area contributed by atoms with Crippen LogP contribution in [0.2, 0.25) is 0 Å². The van der Waals surface area contributed by atoms with E-state index in [-0.39, 0.29) is 0 Å². The molecule has 0 bridgehead atoms. The number of likely N-dealkylation sites (tertiary alicyclic amines) is 1. The van der Waals surface area contributed by atoms with Crippen molar-refractivity contribution in [2.24, 2.45) is 5.92 Å². The lowest BCUT2D eigenvalue weighted by atomic mass is 9.85. The highest BCUT2D eigenvalue weighted by atomic mass is 16.4. The monoisotopic (exact) mass is 325 g/mol. The van der Waals surface area contributed by atoms with Gasteiger partial charge in [-0.15, -0.1) is 0 Å². The topological polar surface area (TPSA) is 68.4 Å².